The van der Waals surface area contributed by atoms with Crippen LogP contribution in [0.3, 0.4) is 0 Å². The lowest BCUT2D eigenvalue weighted by atomic mass is 9.88. The summed E-state index contributed by atoms with van der Waals surface area (Å²) in [5, 5.41) is 19.6. The van der Waals surface area contributed by atoms with Crippen LogP contribution in [0.5, 0.6) is 0 Å². The maximum absolute atomic E-state index is 12.5. The Morgan fingerprint density at radius 3 is 2.11 bits per heavy atom. The fourth-order valence-corrected chi connectivity index (χ4v) is 4.39. The second-order valence-electron chi connectivity index (χ2n) is 8.11. The lowest BCUT2D eigenvalue weighted by molar-refractivity contribution is -0.757. The van der Waals surface area contributed by atoms with Gasteiger partial charge in [-0.1, -0.05) is 55.3 Å². The van der Waals surface area contributed by atoms with E-state index in [4.69, 9.17) is 4.74 Å². The largest absolute Gasteiger partial charge is 0.478 e. The minimum absolute atomic E-state index is 0.0185. The van der Waals surface area contributed by atoms with E-state index in [1.807, 2.05) is 0 Å². The van der Waals surface area contributed by atoms with Gasteiger partial charge in [0.25, 0.3) is 5.09 Å². The van der Waals surface area contributed by atoms with Crippen LogP contribution in [0.1, 0.15) is 50.2 Å². The summed E-state index contributed by atoms with van der Waals surface area (Å²) in [5.74, 6) is -1.82. The van der Waals surface area contributed by atoms with E-state index in [9.17, 15) is 33.2 Å². The van der Waals surface area contributed by atoms with Crippen LogP contribution in [0.25, 0.3) is 11.1 Å². The molecule has 1 atom stereocenters. The number of ether oxygens (including phenoxy) is 1. The third-order valence-corrected chi connectivity index (χ3v) is 6.46. The molecule has 36 heavy (non-hydrogen) atoms. The Morgan fingerprint density at radius 1 is 0.972 bits per heavy atom. The zero-order valence-corrected chi connectivity index (χ0v) is 20.9. The molecule has 0 aromatic heterocycles. The van der Waals surface area contributed by atoms with Gasteiger partial charge in [-0.3, -0.25) is 4.79 Å². The van der Waals surface area contributed by atoms with Gasteiger partial charge in [-0.2, -0.15) is 0 Å². The van der Waals surface area contributed by atoms with Gasteiger partial charge in [-0.15, -0.1) is 10.1 Å². The Hall–Kier alpha value is -3.73. The zero-order valence-electron chi connectivity index (χ0n) is 20.1. The van der Waals surface area contributed by atoms with Crippen LogP contribution in [-0.4, -0.2) is 49.5 Å². The minimum atomic E-state index is -3.47. The predicted octanol–water partition coefficient (Wildman–Crippen LogP) is 4.18. The molecule has 0 spiro atoms. The molecule has 0 aliphatic heterocycles. The Bertz CT molecular complexity index is 1190. The van der Waals surface area contributed by atoms with E-state index in [1.165, 1.54) is 31.2 Å². The van der Waals surface area contributed by atoms with Crippen molar-refractivity contribution in [3.05, 3.63) is 75.8 Å². The summed E-state index contributed by atoms with van der Waals surface area (Å²) >= 11 is 0. The average Bonchev–Trinajstić information content (AvgIpc) is 2.80. The first-order chi connectivity index (χ1) is 17.0. The number of aliphatic carboxylic acids is 1. The van der Waals surface area contributed by atoms with Gasteiger partial charge in [0.2, 0.25) is 0 Å². The molecule has 194 valence electrons. The van der Waals surface area contributed by atoms with E-state index in [1.54, 1.807) is 30.3 Å². The lowest BCUT2D eigenvalue weighted by Gasteiger charge is -2.24. The first kappa shape index (κ1) is 28.5. The van der Waals surface area contributed by atoms with E-state index in [0.29, 0.717) is 43.2 Å². The van der Waals surface area contributed by atoms with Crippen molar-refractivity contribution >= 4 is 32.9 Å². The molecular formula is C25H29NO9S. The van der Waals surface area contributed by atoms with Crippen molar-refractivity contribution in [1.82, 2.24) is 0 Å². The van der Waals surface area contributed by atoms with Gasteiger partial charge < -0.3 is 14.7 Å². The number of unbranched alkanes of at least 4 members (excludes halogenated alkanes) is 3. The molecule has 2 rings (SSSR count). The Labute approximate surface area is 209 Å². The van der Waals surface area contributed by atoms with Gasteiger partial charge in [0.15, 0.2) is 9.84 Å². The topological polar surface area (TPSA) is 150 Å². The molecule has 0 saturated carbocycles. The number of sulfone groups is 1. The summed E-state index contributed by atoms with van der Waals surface area (Å²) in [4.78, 5) is 39.1. The van der Waals surface area contributed by atoms with Crippen LogP contribution < -0.4 is 0 Å². The molecule has 0 radical (unpaired) electrons. The predicted molar refractivity (Wildman–Crippen MR) is 132 cm³/mol. The first-order valence-corrected chi connectivity index (χ1v) is 13.2. The number of hydrogen-bond acceptors (Lipinski definition) is 8. The fourth-order valence-electron chi connectivity index (χ4n) is 3.76. The average molecular weight is 520 g/mol. The van der Waals surface area contributed by atoms with Crippen molar-refractivity contribution in [3.8, 4) is 0 Å². The molecule has 2 aromatic rings. The SMILES string of the molecule is CC(=O)OC(CCCCCCO[N+](=O)[O-])C(=C(C(=O)O)c1ccccc1)c1ccc(S(C)(=O)=O)cc1. The molecule has 0 heterocycles. The third-order valence-electron chi connectivity index (χ3n) is 5.33. The molecule has 0 amide bonds. The summed E-state index contributed by atoms with van der Waals surface area (Å²) in [5.41, 5.74) is 1.00. The highest BCUT2D eigenvalue weighted by molar-refractivity contribution is 7.90. The maximum atomic E-state index is 12.5. The fraction of sp³-hybridized carbons (Fsp3) is 0.360. The number of carboxylic acids is 1. The second-order valence-corrected chi connectivity index (χ2v) is 10.1. The van der Waals surface area contributed by atoms with E-state index < -0.39 is 33.0 Å². The van der Waals surface area contributed by atoms with Crippen LogP contribution in [0.2, 0.25) is 0 Å². The molecule has 2 aromatic carbocycles. The van der Waals surface area contributed by atoms with Crippen LogP contribution in [0, 0.1) is 10.1 Å². The zero-order chi connectivity index (χ0) is 26.7. The molecule has 0 saturated heterocycles. The monoisotopic (exact) mass is 519 g/mol. The van der Waals surface area contributed by atoms with Crippen LogP contribution in [-0.2, 0) is 29.0 Å². The molecule has 1 N–H and O–H groups in total. The van der Waals surface area contributed by atoms with Crippen LogP contribution >= 0.6 is 0 Å². The quantitative estimate of drug-likeness (QED) is 0.0968. The molecule has 0 bridgehead atoms. The summed E-state index contributed by atoms with van der Waals surface area (Å²) in [6, 6.07) is 14.2. The van der Waals surface area contributed by atoms with Crippen molar-refractivity contribution < 1.29 is 37.8 Å². The molecule has 0 aliphatic rings. The van der Waals surface area contributed by atoms with Gasteiger partial charge in [-0.05, 0) is 42.5 Å². The number of carboxylic acid groups (broad SMARTS) is 1. The van der Waals surface area contributed by atoms with Gasteiger partial charge in [0, 0.05) is 18.8 Å². The lowest BCUT2D eigenvalue weighted by Crippen LogP contribution is -2.21. The van der Waals surface area contributed by atoms with Crippen molar-refractivity contribution in [2.24, 2.45) is 0 Å². The standard InChI is InChI=1S/C25H29NO9S/c1-18(27)35-22(12-8-3-4-9-17-34-26(30)31)23(20-13-15-21(16-14-20)36(2,32)33)24(25(28)29)19-10-6-5-7-11-19/h5-7,10-11,13-16,22H,3-4,8-9,12,17H2,1-2H3,(H,28,29). The number of carbonyl (C=O) groups is 2. The summed E-state index contributed by atoms with van der Waals surface area (Å²) in [6.45, 7) is 1.21. The first-order valence-electron chi connectivity index (χ1n) is 11.3. The number of rotatable bonds is 14. The van der Waals surface area contributed by atoms with Crippen molar-refractivity contribution in [1.29, 1.82) is 0 Å². The van der Waals surface area contributed by atoms with Crippen molar-refractivity contribution in [2.75, 3.05) is 12.9 Å². The van der Waals surface area contributed by atoms with Gasteiger partial charge >= 0.3 is 11.9 Å². The summed E-state index contributed by atoms with van der Waals surface area (Å²) < 4.78 is 29.4. The van der Waals surface area contributed by atoms with Crippen LogP contribution in [0.15, 0.2) is 59.5 Å². The molecule has 10 nitrogen and oxygen atoms in total. The summed E-state index contributed by atoms with van der Waals surface area (Å²) in [7, 11) is -3.47. The van der Waals surface area contributed by atoms with E-state index in [-0.39, 0.29) is 22.6 Å². The molecule has 1 unspecified atom stereocenters. The second kappa shape index (κ2) is 13.4. The van der Waals surface area contributed by atoms with E-state index in [0.717, 1.165) is 6.26 Å². The normalized spacial score (nSPS) is 12.8. The third kappa shape index (κ3) is 8.81. The number of nitrogens with zero attached hydrogens (tertiary/aromatic N) is 1. The number of esters is 1. The van der Waals surface area contributed by atoms with Gasteiger partial charge in [-0.25, -0.2) is 13.2 Å². The molecule has 0 aliphatic carbocycles. The summed E-state index contributed by atoms with van der Waals surface area (Å²) in [6.07, 6.45) is 2.74. The minimum Gasteiger partial charge on any atom is -0.478 e. The van der Waals surface area contributed by atoms with Crippen LogP contribution in [0.4, 0.5) is 0 Å². The van der Waals surface area contributed by atoms with Crippen molar-refractivity contribution in [3.63, 3.8) is 0 Å². The Morgan fingerprint density at radius 2 is 1.58 bits per heavy atom. The van der Waals surface area contributed by atoms with Crippen molar-refractivity contribution in [2.45, 2.75) is 50.0 Å². The highest BCUT2D eigenvalue weighted by Crippen LogP contribution is 2.34. The molecule has 0 fully saturated rings. The number of hydrogen-bond donors (Lipinski definition) is 1. The smallest absolute Gasteiger partial charge is 0.336 e. The van der Waals surface area contributed by atoms with Gasteiger partial charge in [0.05, 0.1) is 17.1 Å². The number of carbonyl (C=O) groups excluding carboxylic acids is 1. The Balaban J connectivity index is 2.48. The van der Waals surface area contributed by atoms with E-state index >= 15 is 0 Å². The maximum Gasteiger partial charge on any atom is 0.336 e. The number of benzene rings is 2. The molecular weight excluding hydrogens is 490 g/mol. The van der Waals surface area contributed by atoms with Gasteiger partial charge in [0.1, 0.15) is 6.10 Å². The highest BCUT2D eigenvalue weighted by Gasteiger charge is 2.27. The Kier molecular flexibility index (Phi) is 10.6. The molecule has 11 heteroatoms. The van der Waals surface area contributed by atoms with E-state index in [2.05, 4.69) is 4.84 Å². The highest BCUT2D eigenvalue weighted by atomic mass is 32.2.